The van der Waals surface area contributed by atoms with Gasteiger partial charge in [-0.15, -0.1) is 0 Å². The van der Waals surface area contributed by atoms with E-state index in [4.69, 9.17) is 16.3 Å². The maximum absolute atomic E-state index is 12.6. The normalized spacial score (nSPS) is 10.5. The van der Waals surface area contributed by atoms with E-state index in [2.05, 4.69) is 10.4 Å². The molecule has 0 atom stereocenters. The van der Waals surface area contributed by atoms with Crippen LogP contribution in [0.1, 0.15) is 10.5 Å². The molecule has 0 radical (unpaired) electrons. The summed E-state index contributed by atoms with van der Waals surface area (Å²) in [6.45, 7) is 0. The predicted molar refractivity (Wildman–Crippen MR) is 101 cm³/mol. The molecule has 0 spiro atoms. The summed E-state index contributed by atoms with van der Waals surface area (Å²) >= 11 is 5.86. The van der Waals surface area contributed by atoms with Gasteiger partial charge in [0.05, 0.1) is 18.5 Å². The first-order chi connectivity index (χ1) is 12.9. The molecule has 9 heteroatoms. The number of aromatic nitrogens is 3. The van der Waals surface area contributed by atoms with Gasteiger partial charge in [0, 0.05) is 12.1 Å². The molecule has 0 fully saturated rings. The summed E-state index contributed by atoms with van der Waals surface area (Å²) in [6.07, 6.45) is 0. The van der Waals surface area contributed by atoms with Gasteiger partial charge in [0.1, 0.15) is 5.75 Å². The van der Waals surface area contributed by atoms with Crippen LogP contribution in [0.2, 0.25) is 5.02 Å². The summed E-state index contributed by atoms with van der Waals surface area (Å²) in [4.78, 5) is 37.4. The van der Waals surface area contributed by atoms with E-state index in [1.165, 1.54) is 14.2 Å². The number of carbonyl (C=O) groups is 1. The zero-order valence-electron chi connectivity index (χ0n) is 14.5. The Balaban J connectivity index is 2.07. The molecule has 1 aromatic heterocycles. The van der Waals surface area contributed by atoms with Gasteiger partial charge in [-0.2, -0.15) is 9.78 Å². The van der Waals surface area contributed by atoms with Crippen LogP contribution in [0.25, 0.3) is 5.69 Å². The van der Waals surface area contributed by atoms with Gasteiger partial charge in [0.15, 0.2) is 0 Å². The Hall–Kier alpha value is -3.39. The molecule has 138 valence electrons. The fourth-order valence-electron chi connectivity index (χ4n) is 2.40. The Morgan fingerprint density at radius 1 is 1.11 bits per heavy atom. The third-order valence-electron chi connectivity index (χ3n) is 3.82. The second-order valence-corrected chi connectivity index (χ2v) is 5.97. The summed E-state index contributed by atoms with van der Waals surface area (Å²) in [7, 11) is 2.74. The van der Waals surface area contributed by atoms with Gasteiger partial charge in [-0.25, -0.2) is 4.79 Å². The number of ether oxygens (including phenoxy) is 1. The summed E-state index contributed by atoms with van der Waals surface area (Å²) in [5.41, 5.74) is -1.18. The molecule has 0 aliphatic carbocycles. The van der Waals surface area contributed by atoms with Crippen LogP contribution in [0.5, 0.6) is 5.75 Å². The van der Waals surface area contributed by atoms with Crippen LogP contribution in [-0.2, 0) is 7.05 Å². The van der Waals surface area contributed by atoms with Crippen molar-refractivity contribution in [2.75, 3.05) is 12.4 Å². The maximum atomic E-state index is 12.6. The summed E-state index contributed by atoms with van der Waals surface area (Å²) in [5, 5.41) is 7.01. The van der Waals surface area contributed by atoms with Crippen molar-refractivity contribution in [1.82, 2.24) is 14.3 Å². The molecular weight excluding hydrogens is 372 g/mol. The maximum Gasteiger partial charge on any atom is 0.351 e. The van der Waals surface area contributed by atoms with E-state index in [0.717, 1.165) is 9.25 Å². The molecule has 1 heterocycles. The molecule has 27 heavy (non-hydrogen) atoms. The van der Waals surface area contributed by atoms with Gasteiger partial charge in [-0.3, -0.25) is 14.2 Å². The number of nitrogens with zero attached hydrogens (tertiary/aromatic N) is 3. The molecule has 3 aromatic rings. The van der Waals surface area contributed by atoms with Crippen LogP contribution in [0.4, 0.5) is 5.69 Å². The first-order valence-electron chi connectivity index (χ1n) is 7.83. The molecule has 2 aromatic carbocycles. The lowest BCUT2D eigenvalue weighted by Crippen LogP contribution is -2.43. The van der Waals surface area contributed by atoms with Crippen molar-refractivity contribution < 1.29 is 9.53 Å². The Morgan fingerprint density at radius 3 is 2.44 bits per heavy atom. The first-order valence-corrected chi connectivity index (χ1v) is 8.21. The van der Waals surface area contributed by atoms with E-state index >= 15 is 0 Å². The lowest BCUT2D eigenvalue weighted by atomic mass is 10.3. The summed E-state index contributed by atoms with van der Waals surface area (Å²) in [5.74, 6) is -0.337. The topological polar surface area (TPSA) is 95.2 Å². The first kappa shape index (κ1) is 18.4. The van der Waals surface area contributed by atoms with Crippen molar-refractivity contribution in [3.8, 4) is 11.4 Å². The Morgan fingerprint density at radius 2 is 1.78 bits per heavy atom. The highest BCUT2D eigenvalue weighted by Crippen LogP contribution is 2.23. The molecule has 0 aliphatic heterocycles. The van der Waals surface area contributed by atoms with E-state index in [0.29, 0.717) is 22.1 Å². The molecule has 0 unspecified atom stereocenters. The number of nitrogens with one attached hydrogen (secondary N) is 1. The molecule has 0 bridgehead atoms. The fraction of sp³-hybridized carbons (Fsp3) is 0.111. The Kier molecular flexibility index (Phi) is 5.09. The van der Waals surface area contributed by atoms with Crippen LogP contribution in [0.15, 0.2) is 58.1 Å². The van der Waals surface area contributed by atoms with E-state index < -0.39 is 22.9 Å². The number of benzene rings is 2. The van der Waals surface area contributed by atoms with Crippen molar-refractivity contribution in [2.24, 2.45) is 7.05 Å². The second kappa shape index (κ2) is 7.46. The number of carbonyl (C=O) groups excluding carboxylic acids is 1. The SMILES string of the molecule is COc1ccccc1NC(=O)c1nn(-c2ccc(Cl)cc2)c(=O)n(C)c1=O. The zero-order chi connectivity index (χ0) is 19.6. The molecule has 0 saturated heterocycles. The zero-order valence-corrected chi connectivity index (χ0v) is 15.2. The van der Waals surface area contributed by atoms with E-state index in [1.54, 1.807) is 48.5 Å². The molecule has 0 aliphatic rings. The molecule has 3 rings (SSSR count). The lowest BCUT2D eigenvalue weighted by molar-refractivity contribution is 0.101. The molecule has 8 nitrogen and oxygen atoms in total. The number of rotatable bonds is 4. The minimum absolute atomic E-state index is 0.367. The standard InChI is InChI=1S/C18H15ClN4O4/c1-22-17(25)15(16(24)20-13-5-3-4-6-14(13)27-2)21-23(18(22)26)12-9-7-11(19)8-10-12/h3-10H,1-2H3,(H,20,24). The highest BCUT2D eigenvalue weighted by Gasteiger charge is 2.19. The minimum Gasteiger partial charge on any atom is -0.495 e. The molecular formula is C18H15ClN4O4. The Bertz CT molecular complexity index is 1120. The van der Waals surface area contributed by atoms with Crippen molar-refractivity contribution in [3.05, 3.63) is 80.1 Å². The number of methoxy groups -OCH3 is 1. The number of halogens is 1. The van der Waals surface area contributed by atoms with Gasteiger partial charge in [-0.1, -0.05) is 23.7 Å². The van der Waals surface area contributed by atoms with E-state index in [1.807, 2.05) is 0 Å². The largest absolute Gasteiger partial charge is 0.495 e. The van der Waals surface area contributed by atoms with Gasteiger partial charge in [-0.05, 0) is 36.4 Å². The van der Waals surface area contributed by atoms with Crippen LogP contribution < -0.4 is 21.3 Å². The number of hydrogen-bond donors (Lipinski definition) is 1. The van der Waals surface area contributed by atoms with Crippen LogP contribution >= 0.6 is 11.6 Å². The van der Waals surface area contributed by atoms with Crippen LogP contribution in [0, 0.1) is 0 Å². The van der Waals surface area contributed by atoms with Crippen molar-refractivity contribution >= 4 is 23.2 Å². The minimum atomic E-state index is -0.808. The van der Waals surface area contributed by atoms with Crippen molar-refractivity contribution in [1.29, 1.82) is 0 Å². The molecule has 1 N–H and O–H groups in total. The van der Waals surface area contributed by atoms with Crippen molar-refractivity contribution in [3.63, 3.8) is 0 Å². The number of amides is 1. The molecule has 0 saturated carbocycles. The van der Waals surface area contributed by atoms with E-state index in [9.17, 15) is 14.4 Å². The molecule has 1 amide bonds. The smallest absolute Gasteiger partial charge is 0.351 e. The monoisotopic (exact) mass is 386 g/mol. The average Bonchev–Trinajstić information content (AvgIpc) is 2.67. The van der Waals surface area contributed by atoms with Gasteiger partial charge in [0.25, 0.3) is 11.5 Å². The van der Waals surface area contributed by atoms with E-state index in [-0.39, 0.29) is 0 Å². The third kappa shape index (κ3) is 3.61. The average molecular weight is 387 g/mol. The lowest BCUT2D eigenvalue weighted by Gasteiger charge is -2.11. The number of hydrogen-bond acceptors (Lipinski definition) is 5. The Labute approximate surface area is 158 Å². The summed E-state index contributed by atoms with van der Waals surface area (Å²) < 4.78 is 6.96. The number of anilines is 1. The van der Waals surface area contributed by atoms with Gasteiger partial charge >= 0.3 is 5.69 Å². The highest BCUT2D eigenvalue weighted by atomic mass is 35.5. The third-order valence-corrected chi connectivity index (χ3v) is 4.07. The highest BCUT2D eigenvalue weighted by molar-refractivity contribution is 6.30. The quantitative estimate of drug-likeness (QED) is 0.738. The summed E-state index contributed by atoms with van der Waals surface area (Å²) in [6, 6.07) is 13.0. The van der Waals surface area contributed by atoms with Crippen LogP contribution in [-0.4, -0.2) is 27.4 Å². The van der Waals surface area contributed by atoms with Crippen molar-refractivity contribution in [2.45, 2.75) is 0 Å². The van der Waals surface area contributed by atoms with Crippen LogP contribution in [0.3, 0.4) is 0 Å². The van der Waals surface area contributed by atoms with Gasteiger partial charge in [0.2, 0.25) is 5.69 Å². The second-order valence-electron chi connectivity index (χ2n) is 5.54. The predicted octanol–water partition coefficient (Wildman–Crippen LogP) is 1.85. The van der Waals surface area contributed by atoms with Gasteiger partial charge < -0.3 is 10.1 Å². The fourth-order valence-corrected chi connectivity index (χ4v) is 2.52. The number of para-hydroxylation sites is 2.